The maximum absolute atomic E-state index is 4.55. The van der Waals surface area contributed by atoms with Gasteiger partial charge in [0, 0.05) is 43.5 Å². The highest BCUT2D eigenvalue weighted by Gasteiger charge is 2.22. The van der Waals surface area contributed by atoms with Crippen LogP contribution >= 0.6 is 11.8 Å². The van der Waals surface area contributed by atoms with Gasteiger partial charge in [0.25, 0.3) is 5.95 Å². The summed E-state index contributed by atoms with van der Waals surface area (Å²) in [6, 6.07) is 2.27. The van der Waals surface area contributed by atoms with E-state index in [0.29, 0.717) is 23.9 Å². The van der Waals surface area contributed by atoms with Gasteiger partial charge in [-0.05, 0) is 13.0 Å². The van der Waals surface area contributed by atoms with Gasteiger partial charge in [-0.25, -0.2) is 4.68 Å². The molecule has 3 rings (SSSR count). The van der Waals surface area contributed by atoms with Crippen molar-refractivity contribution < 1.29 is 0 Å². The smallest absolute Gasteiger partial charge is 0.257 e. The standard InChI is InChI=1S/C12H17N7S/c1-9-8-20-7-6-18(9)11-15-10(13-2)16-12(17-11)19-5-3-4-14-19/h3-5,9H,6-8H2,1-2H3,(H,13,15,16,17). The number of nitrogens with one attached hydrogen (secondary N) is 1. The molecule has 0 amide bonds. The van der Waals surface area contributed by atoms with Crippen LogP contribution in [0.5, 0.6) is 0 Å². The Kier molecular flexibility index (Phi) is 3.72. The Labute approximate surface area is 121 Å². The lowest BCUT2D eigenvalue weighted by molar-refractivity contribution is 0.668. The number of aromatic nitrogens is 5. The van der Waals surface area contributed by atoms with Gasteiger partial charge in [0.15, 0.2) is 0 Å². The highest BCUT2D eigenvalue weighted by atomic mass is 32.2. The molecule has 0 spiro atoms. The largest absolute Gasteiger partial charge is 0.357 e. The van der Waals surface area contributed by atoms with E-state index in [-0.39, 0.29) is 0 Å². The van der Waals surface area contributed by atoms with E-state index >= 15 is 0 Å². The van der Waals surface area contributed by atoms with Gasteiger partial charge in [-0.15, -0.1) is 0 Å². The molecule has 8 heteroatoms. The van der Waals surface area contributed by atoms with Gasteiger partial charge in [-0.1, -0.05) is 0 Å². The fraction of sp³-hybridized carbons (Fsp3) is 0.500. The molecule has 1 fully saturated rings. The molecule has 20 heavy (non-hydrogen) atoms. The van der Waals surface area contributed by atoms with Crippen molar-refractivity contribution in [1.82, 2.24) is 24.7 Å². The van der Waals surface area contributed by atoms with Crippen molar-refractivity contribution in [2.24, 2.45) is 0 Å². The molecule has 0 saturated carbocycles. The number of hydrogen-bond donors (Lipinski definition) is 1. The topological polar surface area (TPSA) is 71.8 Å². The Hall–Kier alpha value is -1.83. The fourth-order valence-corrected chi connectivity index (χ4v) is 3.12. The second-order valence-electron chi connectivity index (χ2n) is 4.58. The van der Waals surface area contributed by atoms with Crippen molar-refractivity contribution >= 4 is 23.7 Å². The van der Waals surface area contributed by atoms with Crippen LogP contribution in [0, 0.1) is 0 Å². The second kappa shape index (κ2) is 5.66. The van der Waals surface area contributed by atoms with Crippen molar-refractivity contribution in [3.8, 4) is 5.95 Å². The highest BCUT2D eigenvalue weighted by molar-refractivity contribution is 7.99. The molecule has 1 unspecified atom stereocenters. The molecule has 0 aliphatic carbocycles. The molecular weight excluding hydrogens is 274 g/mol. The summed E-state index contributed by atoms with van der Waals surface area (Å²) in [4.78, 5) is 15.6. The zero-order valence-corrected chi connectivity index (χ0v) is 12.3. The van der Waals surface area contributed by atoms with E-state index < -0.39 is 0 Å². The predicted octanol–water partition coefficient (Wildman–Crippen LogP) is 1.04. The molecule has 1 aliphatic rings. The van der Waals surface area contributed by atoms with Crippen LogP contribution in [0.1, 0.15) is 6.92 Å². The molecule has 1 atom stereocenters. The lowest BCUT2D eigenvalue weighted by atomic mass is 10.3. The first-order chi connectivity index (χ1) is 9.78. The zero-order valence-electron chi connectivity index (χ0n) is 11.5. The van der Waals surface area contributed by atoms with E-state index in [1.807, 2.05) is 31.1 Å². The Morgan fingerprint density at radius 2 is 2.15 bits per heavy atom. The molecule has 1 aliphatic heterocycles. The maximum Gasteiger partial charge on any atom is 0.257 e. The average Bonchev–Trinajstić information content (AvgIpc) is 3.01. The van der Waals surface area contributed by atoms with E-state index in [0.717, 1.165) is 18.1 Å². The third-order valence-electron chi connectivity index (χ3n) is 3.17. The van der Waals surface area contributed by atoms with Gasteiger partial charge < -0.3 is 10.2 Å². The third-order valence-corrected chi connectivity index (χ3v) is 4.36. The Morgan fingerprint density at radius 1 is 1.30 bits per heavy atom. The first-order valence-electron chi connectivity index (χ1n) is 6.56. The normalized spacial score (nSPS) is 19.1. The molecule has 2 aromatic rings. The van der Waals surface area contributed by atoms with Crippen LogP contribution in [-0.4, -0.2) is 55.9 Å². The monoisotopic (exact) mass is 291 g/mol. The summed E-state index contributed by atoms with van der Waals surface area (Å²) < 4.78 is 1.65. The lowest BCUT2D eigenvalue weighted by Crippen LogP contribution is -2.41. The quantitative estimate of drug-likeness (QED) is 0.906. The molecule has 1 N–H and O–H groups in total. The van der Waals surface area contributed by atoms with E-state index in [1.54, 1.807) is 10.9 Å². The van der Waals surface area contributed by atoms with E-state index in [2.05, 4.69) is 37.2 Å². The van der Waals surface area contributed by atoms with Crippen LogP contribution in [0.2, 0.25) is 0 Å². The number of rotatable bonds is 3. The molecule has 1 saturated heterocycles. The molecule has 3 heterocycles. The van der Waals surface area contributed by atoms with Gasteiger partial charge in [0.1, 0.15) is 0 Å². The number of nitrogens with zero attached hydrogens (tertiary/aromatic N) is 6. The summed E-state index contributed by atoms with van der Waals surface area (Å²) in [5.41, 5.74) is 0. The predicted molar refractivity (Wildman–Crippen MR) is 80.6 cm³/mol. The molecule has 2 aromatic heterocycles. The summed E-state index contributed by atoms with van der Waals surface area (Å²) in [5, 5.41) is 7.17. The minimum absolute atomic E-state index is 0.423. The lowest BCUT2D eigenvalue weighted by Gasteiger charge is -2.33. The number of thioether (sulfide) groups is 1. The Balaban J connectivity index is 1.99. The summed E-state index contributed by atoms with van der Waals surface area (Å²) in [6.45, 7) is 3.15. The van der Waals surface area contributed by atoms with Gasteiger partial charge >= 0.3 is 0 Å². The average molecular weight is 291 g/mol. The van der Waals surface area contributed by atoms with Crippen LogP contribution < -0.4 is 10.2 Å². The van der Waals surface area contributed by atoms with E-state index in [4.69, 9.17) is 0 Å². The Bertz CT molecular complexity index is 571. The SMILES string of the molecule is CNc1nc(N2CCSCC2C)nc(-n2cccn2)n1. The molecule has 0 aromatic carbocycles. The molecule has 0 radical (unpaired) electrons. The molecule has 0 bridgehead atoms. The van der Waals surface area contributed by atoms with Crippen molar-refractivity contribution in [3.05, 3.63) is 18.5 Å². The van der Waals surface area contributed by atoms with Crippen LogP contribution in [0.15, 0.2) is 18.5 Å². The zero-order chi connectivity index (χ0) is 13.9. The van der Waals surface area contributed by atoms with Crippen molar-refractivity contribution in [2.75, 3.05) is 35.3 Å². The van der Waals surface area contributed by atoms with Gasteiger partial charge in [0.2, 0.25) is 11.9 Å². The molecule has 106 valence electrons. The van der Waals surface area contributed by atoms with Crippen LogP contribution in [0.3, 0.4) is 0 Å². The summed E-state index contributed by atoms with van der Waals surface area (Å²) in [7, 11) is 1.81. The number of hydrogen-bond acceptors (Lipinski definition) is 7. The number of anilines is 2. The van der Waals surface area contributed by atoms with Crippen molar-refractivity contribution in [3.63, 3.8) is 0 Å². The minimum Gasteiger partial charge on any atom is -0.357 e. The van der Waals surface area contributed by atoms with Gasteiger partial charge in [-0.3, -0.25) is 0 Å². The highest BCUT2D eigenvalue weighted by Crippen LogP contribution is 2.22. The maximum atomic E-state index is 4.55. The van der Waals surface area contributed by atoms with Crippen LogP contribution in [0.4, 0.5) is 11.9 Å². The fourth-order valence-electron chi connectivity index (χ4n) is 2.11. The van der Waals surface area contributed by atoms with E-state index in [9.17, 15) is 0 Å². The Morgan fingerprint density at radius 3 is 2.85 bits per heavy atom. The van der Waals surface area contributed by atoms with Crippen molar-refractivity contribution in [2.45, 2.75) is 13.0 Å². The van der Waals surface area contributed by atoms with E-state index in [1.165, 1.54) is 0 Å². The van der Waals surface area contributed by atoms with Gasteiger partial charge in [0.05, 0.1) is 0 Å². The van der Waals surface area contributed by atoms with Gasteiger partial charge in [-0.2, -0.15) is 31.8 Å². The molecular formula is C12H17N7S. The van der Waals surface area contributed by atoms with Crippen LogP contribution in [-0.2, 0) is 0 Å². The summed E-state index contributed by atoms with van der Waals surface area (Å²) >= 11 is 1.97. The summed E-state index contributed by atoms with van der Waals surface area (Å²) in [5.74, 6) is 4.00. The van der Waals surface area contributed by atoms with Crippen LogP contribution in [0.25, 0.3) is 5.95 Å². The third kappa shape index (κ3) is 2.55. The molecule has 7 nitrogen and oxygen atoms in total. The summed E-state index contributed by atoms with van der Waals surface area (Å²) in [6.07, 6.45) is 3.54. The second-order valence-corrected chi connectivity index (χ2v) is 5.73. The first kappa shape index (κ1) is 13.2. The minimum atomic E-state index is 0.423. The van der Waals surface area contributed by atoms with Crippen molar-refractivity contribution in [1.29, 1.82) is 0 Å². The first-order valence-corrected chi connectivity index (χ1v) is 7.71.